The zero-order chi connectivity index (χ0) is 15.7. The third kappa shape index (κ3) is 7.51. The number of amides is 1. The van der Waals surface area contributed by atoms with Gasteiger partial charge in [0.2, 0.25) is 5.91 Å². The fourth-order valence-corrected chi connectivity index (χ4v) is 2.01. The molecule has 4 nitrogen and oxygen atoms in total. The number of ether oxygens (including phenoxy) is 1. The molecule has 1 aromatic rings. The second-order valence-corrected chi connectivity index (χ2v) is 5.27. The highest BCUT2D eigenvalue weighted by atomic mass is 16.5. The number of aliphatic hydroxyl groups excluding tert-OH is 1. The van der Waals surface area contributed by atoms with Crippen LogP contribution in [0.5, 0.6) is 5.75 Å². The molecule has 1 rings (SSSR count). The lowest BCUT2D eigenvalue weighted by atomic mass is 10.0. The first-order valence-corrected chi connectivity index (χ1v) is 7.38. The van der Waals surface area contributed by atoms with Crippen LogP contribution in [-0.4, -0.2) is 30.3 Å². The van der Waals surface area contributed by atoms with Crippen molar-refractivity contribution in [2.45, 2.75) is 33.3 Å². The van der Waals surface area contributed by atoms with Crippen molar-refractivity contribution in [1.29, 1.82) is 0 Å². The van der Waals surface area contributed by atoms with Crippen molar-refractivity contribution in [1.82, 2.24) is 5.32 Å². The van der Waals surface area contributed by atoms with Crippen molar-refractivity contribution >= 4 is 12.0 Å². The summed E-state index contributed by atoms with van der Waals surface area (Å²) >= 11 is 0. The van der Waals surface area contributed by atoms with Crippen molar-refractivity contribution in [3.63, 3.8) is 0 Å². The Hall–Kier alpha value is -1.81. The Morgan fingerprint density at radius 3 is 2.57 bits per heavy atom. The van der Waals surface area contributed by atoms with Gasteiger partial charge in [0.25, 0.3) is 0 Å². The van der Waals surface area contributed by atoms with Crippen LogP contribution in [0.2, 0.25) is 0 Å². The zero-order valence-electron chi connectivity index (χ0n) is 13.0. The molecule has 21 heavy (non-hydrogen) atoms. The summed E-state index contributed by atoms with van der Waals surface area (Å²) in [6, 6.07) is 7.58. The van der Waals surface area contributed by atoms with E-state index in [-0.39, 0.29) is 17.9 Å². The molecular formula is C17H25NO3. The summed E-state index contributed by atoms with van der Waals surface area (Å²) in [5.41, 5.74) is 0.950. The second-order valence-electron chi connectivity index (χ2n) is 5.27. The van der Waals surface area contributed by atoms with Gasteiger partial charge in [-0.05, 0) is 50.0 Å². The quantitative estimate of drug-likeness (QED) is 0.724. The minimum atomic E-state index is -0.337. The molecule has 0 saturated carbocycles. The van der Waals surface area contributed by atoms with Crippen LogP contribution in [0.15, 0.2) is 30.3 Å². The third-order valence-corrected chi connectivity index (χ3v) is 2.99. The molecule has 0 spiro atoms. The Balaban J connectivity index is 2.39. The molecule has 0 fully saturated rings. The van der Waals surface area contributed by atoms with E-state index >= 15 is 0 Å². The fraction of sp³-hybridized carbons (Fsp3) is 0.471. The van der Waals surface area contributed by atoms with Crippen LogP contribution < -0.4 is 10.1 Å². The third-order valence-electron chi connectivity index (χ3n) is 2.99. The Labute approximate surface area is 126 Å². The van der Waals surface area contributed by atoms with Gasteiger partial charge < -0.3 is 15.2 Å². The number of hydrogen-bond acceptors (Lipinski definition) is 3. The Morgan fingerprint density at radius 2 is 2.00 bits per heavy atom. The maximum Gasteiger partial charge on any atom is 0.244 e. The van der Waals surface area contributed by atoms with Crippen molar-refractivity contribution < 1.29 is 14.6 Å². The fourth-order valence-electron chi connectivity index (χ4n) is 2.01. The molecule has 1 amide bonds. The number of aliphatic hydroxyl groups is 1. The summed E-state index contributed by atoms with van der Waals surface area (Å²) in [6.45, 7) is 6.91. The van der Waals surface area contributed by atoms with Gasteiger partial charge in [-0.25, -0.2) is 0 Å². The predicted molar refractivity (Wildman–Crippen MR) is 85.1 cm³/mol. The van der Waals surface area contributed by atoms with Crippen LogP contribution in [0.3, 0.4) is 0 Å². The SMILES string of the molecule is CCOc1ccc(C=CC(=O)NCC(C)CC(C)O)cc1. The average Bonchev–Trinajstić information content (AvgIpc) is 2.44. The van der Waals surface area contributed by atoms with Crippen LogP contribution in [0.25, 0.3) is 6.08 Å². The van der Waals surface area contributed by atoms with Gasteiger partial charge in [-0.15, -0.1) is 0 Å². The summed E-state index contributed by atoms with van der Waals surface area (Å²) in [6.07, 6.45) is 3.63. The topological polar surface area (TPSA) is 58.6 Å². The average molecular weight is 291 g/mol. The van der Waals surface area contributed by atoms with Crippen molar-refractivity contribution in [2.24, 2.45) is 5.92 Å². The minimum Gasteiger partial charge on any atom is -0.494 e. The molecule has 2 atom stereocenters. The van der Waals surface area contributed by atoms with E-state index < -0.39 is 0 Å². The summed E-state index contributed by atoms with van der Waals surface area (Å²) in [4.78, 5) is 11.7. The van der Waals surface area contributed by atoms with E-state index in [1.165, 1.54) is 6.08 Å². The van der Waals surface area contributed by atoms with Crippen LogP contribution >= 0.6 is 0 Å². The van der Waals surface area contributed by atoms with Gasteiger partial charge in [0.05, 0.1) is 12.7 Å². The molecule has 1 aromatic carbocycles. The first kappa shape index (κ1) is 17.2. The molecule has 0 radical (unpaired) electrons. The number of carbonyl (C=O) groups is 1. The van der Waals surface area contributed by atoms with Crippen LogP contribution in [0.4, 0.5) is 0 Å². The van der Waals surface area contributed by atoms with Gasteiger partial charge in [0.15, 0.2) is 0 Å². The van der Waals surface area contributed by atoms with Gasteiger partial charge in [0.1, 0.15) is 5.75 Å². The number of hydrogen-bond donors (Lipinski definition) is 2. The van der Waals surface area contributed by atoms with E-state index in [0.717, 1.165) is 11.3 Å². The predicted octanol–water partition coefficient (Wildman–Crippen LogP) is 2.62. The van der Waals surface area contributed by atoms with Gasteiger partial charge in [-0.1, -0.05) is 19.1 Å². The van der Waals surface area contributed by atoms with Gasteiger partial charge >= 0.3 is 0 Å². The Kier molecular flexibility index (Phi) is 7.54. The Morgan fingerprint density at radius 1 is 1.33 bits per heavy atom. The smallest absolute Gasteiger partial charge is 0.244 e. The maximum atomic E-state index is 11.7. The first-order chi connectivity index (χ1) is 10.0. The van der Waals surface area contributed by atoms with Crippen molar-refractivity contribution in [2.75, 3.05) is 13.2 Å². The largest absolute Gasteiger partial charge is 0.494 e. The molecule has 2 N–H and O–H groups in total. The number of benzene rings is 1. The van der Waals surface area contributed by atoms with Crippen LogP contribution in [-0.2, 0) is 4.79 Å². The summed E-state index contributed by atoms with van der Waals surface area (Å²) in [5.74, 6) is 0.959. The monoisotopic (exact) mass is 291 g/mol. The van der Waals surface area contributed by atoms with Crippen LogP contribution in [0.1, 0.15) is 32.8 Å². The van der Waals surface area contributed by atoms with E-state index in [0.29, 0.717) is 19.6 Å². The van der Waals surface area contributed by atoms with E-state index in [4.69, 9.17) is 4.74 Å². The zero-order valence-corrected chi connectivity index (χ0v) is 13.0. The highest BCUT2D eigenvalue weighted by Crippen LogP contribution is 2.13. The van der Waals surface area contributed by atoms with Crippen molar-refractivity contribution in [3.8, 4) is 5.75 Å². The second kappa shape index (κ2) is 9.19. The molecule has 0 saturated heterocycles. The highest BCUT2D eigenvalue weighted by Gasteiger charge is 2.06. The maximum absolute atomic E-state index is 11.7. The summed E-state index contributed by atoms with van der Waals surface area (Å²) in [5, 5.41) is 12.1. The lowest BCUT2D eigenvalue weighted by Crippen LogP contribution is -2.27. The molecule has 0 heterocycles. The normalized spacial score (nSPS) is 13.9. The number of carbonyl (C=O) groups excluding carboxylic acids is 1. The van der Waals surface area contributed by atoms with Crippen molar-refractivity contribution in [3.05, 3.63) is 35.9 Å². The lowest BCUT2D eigenvalue weighted by Gasteiger charge is -2.13. The summed E-state index contributed by atoms with van der Waals surface area (Å²) < 4.78 is 5.36. The number of nitrogens with one attached hydrogen (secondary N) is 1. The molecule has 4 heteroatoms. The molecule has 0 aliphatic rings. The van der Waals surface area contributed by atoms with Gasteiger partial charge in [0, 0.05) is 12.6 Å². The van der Waals surface area contributed by atoms with E-state index in [1.807, 2.05) is 38.1 Å². The molecule has 2 unspecified atom stereocenters. The van der Waals surface area contributed by atoms with Crippen LogP contribution in [0, 0.1) is 5.92 Å². The number of rotatable bonds is 8. The lowest BCUT2D eigenvalue weighted by molar-refractivity contribution is -0.116. The minimum absolute atomic E-state index is 0.124. The Bertz CT molecular complexity index is 452. The highest BCUT2D eigenvalue weighted by molar-refractivity contribution is 5.91. The van der Waals surface area contributed by atoms with E-state index in [9.17, 15) is 9.90 Å². The van der Waals surface area contributed by atoms with Gasteiger partial charge in [-0.2, -0.15) is 0 Å². The molecule has 0 aliphatic carbocycles. The first-order valence-electron chi connectivity index (χ1n) is 7.38. The molecule has 0 bridgehead atoms. The molecule has 116 valence electrons. The molecular weight excluding hydrogens is 266 g/mol. The standard InChI is InChI=1S/C17H25NO3/c1-4-21-16-8-5-15(6-9-16)7-10-17(20)18-12-13(2)11-14(3)19/h5-10,13-14,19H,4,11-12H2,1-3H3,(H,18,20). The van der Waals surface area contributed by atoms with E-state index in [1.54, 1.807) is 13.0 Å². The van der Waals surface area contributed by atoms with E-state index in [2.05, 4.69) is 5.32 Å². The molecule has 0 aromatic heterocycles. The summed E-state index contributed by atoms with van der Waals surface area (Å²) in [7, 11) is 0. The molecule has 0 aliphatic heterocycles. The van der Waals surface area contributed by atoms with Gasteiger partial charge in [-0.3, -0.25) is 4.79 Å².